The van der Waals surface area contributed by atoms with Crippen molar-refractivity contribution in [1.82, 2.24) is 0 Å². The van der Waals surface area contributed by atoms with Gasteiger partial charge in [0.1, 0.15) is 5.75 Å². The first-order valence-electron chi connectivity index (χ1n) is 9.18. The fourth-order valence-electron chi connectivity index (χ4n) is 3.40. The van der Waals surface area contributed by atoms with Crippen LogP contribution in [0.1, 0.15) is 49.7 Å². The van der Waals surface area contributed by atoms with E-state index in [0.29, 0.717) is 17.9 Å². The fourth-order valence-corrected chi connectivity index (χ4v) is 3.40. The quantitative estimate of drug-likeness (QED) is 0.258. The smallest absolute Gasteiger partial charge is 0.375 e. The molecule has 2 aromatic rings. The zero-order chi connectivity index (χ0) is 20.3. The summed E-state index contributed by atoms with van der Waals surface area (Å²) >= 11 is 0. The molecule has 6 heteroatoms. The summed E-state index contributed by atoms with van der Waals surface area (Å²) < 4.78 is 59.0. The van der Waals surface area contributed by atoms with E-state index in [1.165, 1.54) is 12.1 Å². The van der Waals surface area contributed by atoms with Gasteiger partial charge in [-0.15, -0.1) is 0 Å². The monoisotopic (exact) mass is 392 g/mol. The van der Waals surface area contributed by atoms with Crippen molar-refractivity contribution in [3.63, 3.8) is 0 Å². The Hall–Kier alpha value is -2.63. The normalized spacial score (nSPS) is 20.5. The largest absolute Gasteiger partial charge is 0.421 e. The van der Waals surface area contributed by atoms with Gasteiger partial charge >= 0.3 is 5.97 Å². The van der Waals surface area contributed by atoms with Gasteiger partial charge in [-0.25, -0.2) is 18.0 Å². The molecule has 0 amide bonds. The molecule has 0 heterocycles. The first-order valence-corrected chi connectivity index (χ1v) is 9.18. The van der Waals surface area contributed by atoms with Gasteiger partial charge in [0.05, 0.1) is 0 Å². The molecule has 0 aliphatic heterocycles. The van der Waals surface area contributed by atoms with Crippen molar-refractivity contribution in [2.24, 2.45) is 5.92 Å². The summed E-state index contributed by atoms with van der Waals surface area (Å²) in [6, 6.07) is 8.58. The minimum Gasteiger partial charge on any atom is -0.421 e. The lowest BCUT2D eigenvalue weighted by Crippen LogP contribution is -2.11. The maximum Gasteiger partial charge on any atom is 0.375 e. The molecule has 3 rings (SSSR count). The van der Waals surface area contributed by atoms with Gasteiger partial charge in [0.2, 0.25) is 5.83 Å². The molecule has 0 saturated heterocycles. The van der Waals surface area contributed by atoms with Crippen LogP contribution in [0, 0.1) is 17.6 Å². The Balaban J connectivity index is 1.71. The Morgan fingerprint density at radius 1 is 0.929 bits per heavy atom. The van der Waals surface area contributed by atoms with Gasteiger partial charge in [-0.1, -0.05) is 44.0 Å². The van der Waals surface area contributed by atoms with Crippen LogP contribution >= 0.6 is 0 Å². The number of hydrogen-bond donors (Lipinski definition) is 0. The molecule has 1 saturated carbocycles. The Kier molecular flexibility index (Phi) is 6.17. The molecular formula is C22H20F4O2. The number of rotatable bonds is 4. The predicted octanol–water partition coefficient (Wildman–Crippen LogP) is 6.47. The topological polar surface area (TPSA) is 26.3 Å². The first kappa shape index (κ1) is 20.1. The third-order valence-corrected chi connectivity index (χ3v) is 5.12. The maximum atomic E-state index is 14.3. The predicted molar refractivity (Wildman–Crippen MR) is 97.9 cm³/mol. The molecule has 0 bridgehead atoms. The molecule has 0 aromatic heterocycles. The summed E-state index contributed by atoms with van der Waals surface area (Å²) in [7, 11) is 0. The zero-order valence-electron chi connectivity index (χ0n) is 15.4. The second kappa shape index (κ2) is 8.59. The van der Waals surface area contributed by atoms with Crippen molar-refractivity contribution in [2.75, 3.05) is 0 Å². The minimum absolute atomic E-state index is 0.0901. The Labute approximate surface area is 160 Å². The van der Waals surface area contributed by atoms with E-state index in [0.717, 1.165) is 43.4 Å². The van der Waals surface area contributed by atoms with Gasteiger partial charge in [0.25, 0.3) is 0 Å². The molecule has 0 atom stereocenters. The van der Waals surface area contributed by atoms with Crippen LogP contribution in [0.2, 0.25) is 0 Å². The Morgan fingerprint density at radius 3 is 2.18 bits per heavy atom. The molecule has 2 aromatic carbocycles. The lowest BCUT2D eigenvalue weighted by molar-refractivity contribution is -0.131. The molecule has 1 aliphatic carbocycles. The lowest BCUT2D eigenvalue weighted by Gasteiger charge is -2.26. The zero-order valence-corrected chi connectivity index (χ0v) is 15.4. The molecule has 148 valence electrons. The van der Waals surface area contributed by atoms with E-state index in [9.17, 15) is 22.4 Å². The molecule has 0 unspecified atom stereocenters. The summed E-state index contributed by atoms with van der Waals surface area (Å²) in [4.78, 5) is 11.8. The van der Waals surface area contributed by atoms with Crippen molar-refractivity contribution in [3.05, 3.63) is 71.1 Å². The minimum atomic E-state index is -1.73. The van der Waals surface area contributed by atoms with E-state index >= 15 is 0 Å². The SMILES string of the molecule is CC1CCC(c2ccc(/C(F)=C(\F)C(=O)Oc3ccc(F)c(F)c3)cc2)CC1. The van der Waals surface area contributed by atoms with Crippen molar-refractivity contribution in [2.45, 2.75) is 38.5 Å². The number of carbonyl (C=O) groups excluding carboxylic acids is 1. The van der Waals surface area contributed by atoms with E-state index in [-0.39, 0.29) is 5.56 Å². The van der Waals surface area contributed by atoms with Crippen LogP contribution < -0.4 is 4.74 Å². The standard InChI is InChI=1S/C22H20F4O2/c1-13-2-4-14(5-3-13)15-6-8-16(9-7-15)20(25)21(26)22(27)28-17-10-11-18(23)19(24)12-17/h6-14H,2-5H2,1H3/b21-20+. The Morgan fingerprint density at radius 2 is 1.57 bits per heavy atom. The summed E-state index contributed by atoms with van der Waals surface area (Å²) in [6.07, 6.45) is 4.41. The van der Waals surface area contributed by atoms with Crippen molar-refractivity contribution in [1.29, 1.82) is 0 Å². The highest BCUT2D eigenvalue weighted by molar-refractivity contribution is 5.94. The van der Waals surface area contributed by atoms with Crippen LogP contribution in [0.3, 0.4) is 0 Å². The third kappa shape index (κ3) is 4.61. The number of carbonyl (C=O) groups is 1. The van der Waals surface area contributed by atoms with Crippen LogP contribution in [0.4, 0.5) is 17.6 Å². The summed E-state index contributed by atoms with van der Waals surface area (Å²) in [6.45, 7) is 2.22. The van der Waals surface area contributed by atoms with E-state index in [1.807, 2.05) is 0 Å². The summed E-state index contributed by atoms with van der Waals surface area (Å²) in [5, 5.41) is 0. The fraction of sp³-hybridized carbons (Fsp3) is 0.318. The highest BCUT2D eigenvalue weighted by Gasteiger charge is 2.22. The van der Waals surface area contributed by atoms with Crippen molar-refractivity contribution in [3.8, 4) is 5.75 Å². The van der Waals surface area contributed by atoms with Crippen LogP contribution in [-0.2, 0) is 4.79 Å². The average Bonchev–Trinajstić information content (AvgIpc) is 2.70. The maximum absolute atomic E-state index is 14.3. The molecule has 2 nitrogen and oxygen atoms in total. The number of ether oxygens (including phenoxy) is 1. The molecule has 0 radical (unpaired) electrons. The third-order valence-electron chi connectivity index (χ3n) is 5.12. The average molecular weight is 392 g/mol. The molecule has 0 spiro atoms. The van der Waals surface area contributed by atoms with Gasteiger partial charge in [0.15, 0.2) is 17.5 Å². The molecule has 1 fully saturated rings. The number of hydrogen-bond acceptors (Lipinski definition) is 2. The van der Waals surface area contributed by atoms with E-state index in [2.05, 4.69) is 11.7 Å². The first-order chi connectivity index (χ1) is 13.3. The highest BCUT2D eigenvalue weighted by atomic mass is 19.2. The number of halogens is 4. The van der Waals surface area contributed by atoms with Crippen molar-refractivity contribution < 1.29 is 27.1 Å². The van der Waals surface area contributed by atoms with Crippen LogP contribution in [-0.4, -0.2) is 5.97 Å². The van der Waals surface area contributed by atoms with Crippen LogP contribution in [0.25, 0.3) is 5.83 Å². The van der Waals surface area contributed by atoms with Gasteiger partial charge < -0.3 is 4.74 Å². The molecule has 28 heavy (non-hydrogen) atoms. The van der Waals surface area contributed by atoms with E-state index < -0.39 is 35.0 Å². The van der Waals surface area contributed by atoms with Crippen LogP contribution in [0.5, 0.6) is 5.75 Å². The van der Waals surface area contributed by atoms with Gasteiger partial charge in [0, 0.05) is 11.6 Å². The molecule has 1 aliphatic rings. The highest BCUT2D eigenvalue weighted by Crippen LogP contribution is 2.36. The van der Waals surface area contributed by atoms with Crippen LogP contribution in [0.15, 0.2) is 48.3 Å². The second-order valence-corrected chi connectivity index (χ2v) is 7.17. The van der Waals surface area contributed by atoms with Gasteiger partial charge in [-0.05, 0) is 42.4 Å². The summed E-state index contributed by atoms with van der Waals surface area (Å²) in [5.74, 6) is -6.42. The van der Waals surface area contributed by atoms with E-state index in [4.69, 9.17) is 0 Å². The summed E-state index contributed by atoms with van der Waals surface area (Å²) in [5.41, 5.74) is 0.973. The van der Waals surface area contributed by atoms with Gasteiger partial charge in [-0.3, -0.25) is 0 Å². The molecular weight excluding hydrogens is 372 g/mol. The van der Waals surface area contributed by atoms with Crippen molar-refractivity contribution >= 4 is 11.8 Å². The Bertz CT molecular complexity index is 882. The molecule has 0 N–H and O–H groups in total. The van der Waals surface area contributed by atoms with E-state index in [1.54, 1.807) is 12.1 Å². The number of benzene rings is 2. The second-order valence-electron chi connectivity index (χ2n) is 7.17. The lowest BCUT2D eigenvalue weighted by atomic mass is 9.79. The van der Waals surface area contributed by atoms with Gasteiger partial charge in [-0.2, -0.15) is 4.39 Å². The number of esters is 1.